The van der Waals surface area contributed by atoms with E-state index in [-0.39, 0.29) is 17.0 Å². The van der Waals surface area contributed by atoms with Gasteiger partial charge in [-0.15, -0.1) is 0 Å². The minimum Gasteiger partial charge on any atom is -0.478 e. The van der Waals surface area contributed by atoms with Crippen LogP contribution in [0.15, 0.2) is 30.3 Å². The molecule has 2 aromatic carbocycles. The Balaban J connectivity index is 2.47. The van der Waals surface area contributed by atoms with Crippen molar-refractivity contribution in [2.75, 3.05) is 5.73 Å². The van der Waals surface area contributed by atoms with Gasteiger partial charge in [0, 0.05) is 5.02 Å². The first-order valence-corrected chi connectivity index (χ1v) is 6.34. The Morgan fingerprint density at radius 1 is 1.25 bits per heavy atom. The molecule has 0 radical (unpaired) electrons. The van der Waals surface area contributed by atoms with Gasteiger partial charge in [-0.05, 0) is 49.2 Å². The quantitative estimate of drug-likeness (QED) is 0.837. The molecule has 104 valence electrons. The predicted molar refractivity (Wildman–Crippen MR) is 78.8 cm³/mol. The van der Waals surface area contributed by atoms with E-state index in [0.29, 0.717) is 10.8 Å². The van der Waals surface area contributed by atoms with Gasteiger partial charge in [0.15, 0.2) is 5.75 Å². The fourth-order valence-corrected chi connectivity index (χ4v) is 2.03. The Kier molecular flexibility index (Phi) is 3.86. The first kappa shape index (κ1) is 14.2. The highest BCUT2D eigenvalue weighted by atomic mass is 35.5. The molecule has 0 aliphatic carbocycles. The van der Waals surface area contributed by atoms with Crippen molar-refractivity contribution in [2.45, 2.75) is 13.8 Å². The number of nitrogens with two attached hydrogens (primary N) is 1. The molecule has 0 spiro atoms. The lowest BCUT2D eigenvalue weighted by atomic mass is 10.1. The normalized spacial score (nSPS) is 10.3. The van der Waals surface area contributed by atoms with Gasteiger partial charge in [0.1, 0.15) is 11.3 Å². The summed E-state index contributed by atoms with van der Waals surface area (Å²) in [5.41, 5.74) is 7.80. The zero-order valence-corrected chi connectivity index (χ0v) is 11.9. The maximum Gasteiger partial charge on any atom is 0.339 e. The first-order valence-electron chi connectivity index (χ1n) is 5.96. The van der Waals surface area contributed by atoms with Crippen LogP contribution in [-0.2, 0) is 0 Å². The number of carbonyl (C=O) groups is 1. The fraction of sp³-hybridized carbons (Fsp3) is 0.133. The number of ether oxygens (including phenoxy) is 1. The molecule has 5 heteroatoms. The zero-order valence-electron chi connectivity index (χ0n) is 11.1. The monoisotopic (exact) mass is 291 g/mol. The maximum atomic E-state index is 11.2. The number of hydrogen-bond donors (Lipinski definition) is 2. The second-order valence-electron chi connectivity index (χ2n) is 4.50. The summed E-state index contributed by atoms with van der Waals surface area (Å²) in [5, 5.41) is 9.83. The van der Waals surface area contributed by atoms with Crippen molar-refractivity contribution in [1.29, 1.82) is 0 Å². The van der Waals surface area contributed by atoms with E-state index in [1.807, 2.05) is 13.8 Å². The van der Waals surface area contributed by atoms with Gasteiger partial charge in [-0.25, -0.2) is 4.79 Å². The molecule has 2 rings (SSSR count). The maximum absolute atomic E-state index is 11.2. The minimum atomic E-state index is -1.09. The first-order chi connectivity index (χ1) is 9.40. The molecule has 0 bridgehead atoms. The van der Waals surface area contributed by atoms with Gasteiger partial charge in [-0.1, -0.05) is 17.7 Å². The highest BCUT2D eigenvalue weighted by Gasteiger charge is 2.15. The standard InChI is InChI=1S/C15H14ClNO3/c1-8-6-10(7-9(2)13(8)16)20-14-11(15(18)19)4-3-5-12(14)17/h3-7H,17H2,1-2H3,(H,18,19). The Morgan fingerprint density at radius 3 is 2.40 bits per heavy atom. The van der Waals surface area contributed by atoms with Gasteiger partial charge in [-0.3, -0.25) is 0 Å². The van der Waals surface area contributed by atoms with E-state index in [0.717, 1.165) is 11.1 Å². The van der Waals surface area contributed by atoms with Gasteiger partial charge in [-0.2, -0.15) is 0 Å². The molecular weight excluding hydrogens is 278 g/mol. The van der Waals surface area contributed by atoms with Crippen molar-refractivity contribution >= 4 is 23.3 Å². The van der Waals surface area contributed by atoms with Crippen molar-refractivity contribution < 1.29 is 14.6 Å². The van der Waals surface area contributed by atoms with Crippen molar-refractivity contribution in [1.82, 2.24) is 0 Å². The molecule has 2 aromatic rings. The van der Waals surface area contributed by atoms with Crippen LogP contribution in [0.4, 0.5) is 5.69 Å². The van der Waals surface area contributed by atoms with E-state index >= 15 is 0 Å². The summed E-state index contributed by atoms with van der Waals surface area (Å²) in [6.07, 6.45) is 0. The molecule has 0 aromatic heterocycles. The van der Waals surface area contributed by atoms with Crippen LogP contribution < -0.4 is 10.5 Å². The number of nitrogen functional groups attached to an aromatic ring is 1. The smallest absolute Gasteiger partial charge is 0.339 e. The van der Waals surface area contributed by atoms with Crippen LogP contribution >= 0.6 is 11.6 Å². The summed E-state index contributed by atoms with van der Waals surface area (Å²) in [6.45, 7) is 3.71. The SMILES string of the molecule is Cc1cc(Oc2c(N)cccc2C(=O)O)cc(C)c1Cl. The molecule has 0 aliphatic rings. The van der Waals surface area contributed by atoms with Crippen LogP contribution in [0.1, 0.15) is 21.5 Å². The molecule has 0 heterocycles. The minimum absolute atomic E-state index is 0.0234. The molecule has 0 saturated heterocycles. The second kappa shape index (κ2) is 5.43. The number of carboxylic acids is 1. The summed E-state index contributed by atoms with van der Waals surface area (Å²) in [5.74, 6) is -0.444. The van der Waals surface area contributed by atoms with E-state index in [4.69, 9.17) is 27.2 Å². The Bertz CT molecular complexity index is 660. The van der Waals surface area contributed by atoms with Crippen LogP contribution in [0, 0.1) is 13.8 Å². The third-order valence-electron chi connectivity index (χ3n) is 2.91. The van der Waals surface area contributed by atoms with E-state index < -0.39 is 5.97 Å². The van der Waals surface area contributed by atoms with Crippen molar-refractivity contribution in [3.63, 3.8) is 0 Å². The van der Waals surface area contributed by atoms with Crippen LogP contribution in [0.25, 0.3) is 0 Å². The molecule has 0 saturated carbocycles. The Morgan fingerprint density at radius 2 is 1.85 bits per heavy atom. The molecule has 0 aliphatic heterocycles. The average molecular weight is 292 g/mol. The summed E-state index contributed by atoms with van der Waals surface area (Å²) in [7, 11) is 0. The lowest BCUT2D eigenvalue weighted by molar-refractivity contribution is 0.0694. The zero-order chi connectivity index (χ0) is 14.9. The highest BCUT2D eigenvalue weighted by Crippen LogP contribution is 2.34. The number of aryl methyl sites for hydroxylation is 2. The van der Waals surface area contributed by atoms with Gasteiger partial charge >= 0.3 is 5.97 Å². The third kappa shape index (κ3) is 2.70. The molecular formula is C15H14ClNO3. The largest absolute Gasteiger partial charge is 0.478 e. The Hall–Kier alpha value is -2.20. The summed E-state index contributed by atoms with van der Waals surface area (Å²) in [4.78, 5) is 11.2. The molecule has 0 unspecified atom stereocenters. The Labute approximate surface area is 121 Å². The number of rotatable bonds is 3. The van der Waals surface area contributed by atoms with E-state index in [1.165, 1.54) is 6.07 Å². The second-order valence-corrected chi connectivity index (χ2v) is 4.88. The average Bonchev–Trinajstić information content (AvgIpc) is 2.38. The van der Waals surface area contributed by atoms with E-state index in [1.54, 1.807) is 24.3 Å². The van der Waals surface area contributed by atoms with Gasteiger partial charge in [0.05, 0.1) is 5.69 Å². The molecule has 3 N–H and O–H groups in total. The lowest BCUT2D eigenvalue weighted by Crippen LogP contribution is -2.03. The number of carboxylic acid groups (broad SMARTS) is 1. The van der Waals surface area contributed by atoms with Gasteiger partial charge in [0.2, 0.25) is 0 Å². The van der Waals surface area contributed by atoms with Gasteiger partial charge < -0.3 is 15.6 Å². The fourth-order valence-electron chi connectivity index (χ4n) is 1.92. The molecule has 0 atom stereocenters. The number of para-hydroxylation sites is 1. The number of anilines is 1. The van der Waals surface area contributed by atoms with E-state index in [9.17, 15) is 4.79 Å². The number of hydrogen-bond acceptors (Lipinski definition) is 3. The third-order valence-corrected chi connectivity index (χ3v) is 3.50. The van der Waals surface area contributed by atoms with Crippen LogP contribution in [0.3, 0.4) is 0 Å². The highest BCUT2D eigenvalue weighted by molar-refractivity contribution is 6.32. The number of halogens is 1. The van der Waals surface area contributed by atoms with Crippen LogP contribution in [0.5, 0.6) is 11.5 Å². The van der Waals surface area contributed by atoms with Crippen molar-refractivity contribution in [3.05, 3.63) is 52.0 Å². The summed E-state index contributed by atoms with van der Waals surface area (Å²) in [6, 6.07) is 8.10. The van der Waals surface area contributed by atoms with Crippen LogP contribution in [-0.4, -0.2) is 11.1 Å². The molecule has 4 nitrogen and oxygen atoms in total. The molecule has 0 amide bonds. The van der Waals surface area contributed by atoms with Gasteiger partial charge in [0.25, 0.3) is 0 Å². The van der Waals surface area contributed by atoms with Crippen molar-refractivity contribution in [3.8, 4) is 11.5 Å². The molecule has 0 fully saturated rings. The van der Waals surface area contributed by atoms with Crippen molar-refractivity contribution in [2.24, 2.45) is 0 Å². The topological polar surface area (TPSA) is 72.5 Å². The van der Waals surface area contributed by atoms with E-state index in [2.05, 4.69) is 0 Å². The number of aromatic carboxylic acids is 1. The summed E-state index contributed by atoms with van der Waals surface area (Å²) < 4.78 is 5.65. The van der Waals surface area contributed by atoms with Crippen LogP contribution in [0.2, 0.25) is 5.02 Å². The predicted octanol–water partition coefficient (Wildman–Crippen LogP) is 4.03. The lowest BCUT2D eigenvalue weighted by Gasteiger charge is -2.13. The summed E-state index contributed by atoms with van der Waals surface area (Å²) >= 11 is 6.09. The number of benzene rings is 2. The molecule has 20 heavy (non-hydrogen) atoms.